The van der Waals surface area contributed by atoms with E-state index in [1.807, 2.05) is 24.3 Å². The summed E-state index contributed by atoms with van der Waals surface area (Å²) in [5.74, 6) is 0.675. The first kappa shape index (κ1) is 11.6. The topological polar surface area (TPSA) is 64.1 Å². The molecule has 5 heteroatoms. The Labute approximate surface area is 110 Å². The largest absolute Gasteiger partial charge is 0.488 e. The van der Waals surface area contributed by atoms with Crippen LogP contribution in [0, 0.1) is 0 Å². The molecule has 1 N–H and O–H groups in total. The molecule has 0 aliphatic carbocycles. The molecule has 1 amide bonds. The van der Waals surface area contributed by atoms with Crippen LogP contribution in [-0.4, -0.2) is 28.5 Å². The molecule has 0 fully saturated rings. The predicted molar refractivity (Wildman–Crippen MR) is 68.9 cm³/mol. The number of fused-ring (bicyclic) bond motifs is 1. The van der Waals surface area contributed by atoms with Gasteiger partial charge in [-0.1, -0.05) is 18.2 Å². The SMILES string of the molecule is O=C(NCC1Cc2ccccc2O1)c1cnccn1. The van der Waals surface area contributed by atoms with Crippen LogP contribution in [0.2, 0.25) is 0 Å². The fourth-order valence-corrected chi connectivity index (χ4v) is 2.08. The molecule has 2 heterocycles. The van der Waals surface area contributed by atoms with Crippen molar-refractivity contribution in [1.29, 1.82) is 0 Å². The maximum Gasteiger partial charge on any atom is 0.271 e. The molecule has 2 aromatic rings. The molecule has 1 aromatic carbocycles. The number of benzene rings is 1. The van der Waals surface area contributed by atoms with Gasteiger partial charge in [-0.15, -0.1) is 0 Å². The summed E-state index contributed by atoms with van der Waals surface area (Å²) in [6, 6.07) is 7.92. The zero-order valence-electron chi connectivity index (χ0n) is 10.2. The van der Waals surface area contributed by atoms with Crippen molar-refractivity contribution in [3.8, 4) is 5.75 Å². The molecule has 0 saturated heterocycles. The molecule has 19 heavy (non-hydrogen) atoms. The normalized spacial score (nSPS) is 16.5. The van der Waals surface area contributed by atoms with Gasteiger partial charge in [0.2, 0.25) is 0 Å². The summed E-state index contributed by atoms with van der Waals surface area (Å²) in [5, 5.41) is 2.81. The number of nitrogens with zero attached hydrogens (tertiary/aromatic N) is 2. The second-order valence-corrected chi connectivity index (χ2v) is 4.35. The first-order chi connectivity index (χ1) is 9.33. The number of ether oxygens (including phenoxy) is 1. The van der Waals surface area contributed by atoms with Crippen LogP contribution in [-0.2, 0) is 6.42 Å². The lowest BCUT2D eigenvalue weighted by Gasteiger charge is -2.11. The molecule has 1 aliphatic rings. The van der Waals surface area contributed by atoms with Gasteiger partial charge in [0.1, 0.15) is 17.5 Å². The Morgan fingerprint density at radius 1 is 1.37 bits per heavy atom. The predicted octanol–water partition coefficient (Wildman–Crippen LogP) is 1.21. The van der Waals surface area contributed by atoms with Gasteiger partial charge in [0.25, 0.3) is 5.91 Å². The summed E-state index contributed by atoms with van der Waals surface area (Å²) < 4.78 is 5.74. The van der Waals surface area contributed by atoms with E-state index in [4.69, 9.17) is 4.74 Å². The number of hydrogen-bond acceptors (Lipinski definition) is 4. The highest BCUT2D eigenvalue weighted by Gasteiger charge is 2.22. The zero-order valence-corrected chi connectivity index (χ0v) is 10.2. The standard InChI is InChI=1S/C14H13N3O2/c18-14(12-9-15-5-6-16-12)17-8-11-7-10-3-1-2-4-13(10)19-11/h1-6,9,11H,7-8H2,(H,17,18). The second-order valence-electron chi connectivity index (χ2n) is 4.35. The molecule has 5 nitrogen and oxygen atoms in total. The van der Waals surface area contributed by atoms with Gasteiger partial charge in [-0.05, 0) is 11.6 Å². The summed E-state index contributed by atoms with van der Waals surface area (Å²) in [6.45, 7) is 0.462. The van der Waals surface area contributed by atoms with E-state index in [1.54, 1.807) is 0 Å². The van der Waals surface area contributed by atoms with Gasteiger partial charge in [0, 0.05) is 18.8 Å². The first-order valence-corrected chi connectivity index (χ1v) is 6.12. The van der Waals surface area contributed by atoms with Gasteiger partial charge in [0.15, 0.2) is 0 Å². The molecular formula is C14H13N3O2. The van der Waals surface area contributed by atoms with Crippen LogP contribution in [0.25, 0.3) is 0 Å². The third-order valence-electron chi connectivity index (χ3n) is 3.00. The fraction of sp³-hybridized carbons (Fsp3) is 0.214. The van der Waals surface area contributed by atoms with Crippen molar-refractivity contribution in [1.82, 2.24) is 15.3 Å². The molecule has 1 unspecified atom stereocenters. The summed E-state index contributed by atoms with van der Waals surface area (Å²) in [4.78, 5) is 19.6. The Morgan fingerprint density at radius 3 is 3.05 bits per heavy atom. The Balaban J connectivity index is 1.56. The van der Waals surface area contributed by atoms with Crippen LogP contribution in [0.5, 0.6) is 5.75 Å². The zero-order chi connectivity index (χ0) is 13.1. The van der Waals surface area contributed by atoms with E-state index in [9.17, 15) is 4.79 Å². The van der Waals surface area contributed by atoms with Crippen LogP contribution in [0.4, 0.5) is 0 Å². The molecule has 0 saturated carbocycles. The van der Waals surface area contributed by atoms with Crippen molar-refractivity contribution in [2.24, 2.45) is 0 Å². The number of aromatic nitrogens is 2. The Bertz CT molecular complexity index is 561. The highest BCUT2D eigenvalue weighted by atomic mass is 16.5. The van der Waals surface area contributed by atoms with Crippen molar-refractivity contribution < 1.29 is 9.53 Å². The highest BCUT2D eigenvalue weighted by molar-refractivity contribution is 5.91. The molecule has 3 rings (SSSR count). The number of hydrogen-bond donors (Lipinski definition) is 1. The Kier molecular flexibility index (Phi) is 3.10. The van der Waals surface area contributed by atoms with Crippen LogP contribution in [0.15, 0.2) is 42.9 Å². The van der Waals surface area contributed by atoms with E-state index in [-0.39, 0.29) is 12.0 Å². The summed E-state index contributed by atoms with van der Waals surface area (Å²) in [6.07, 6.45) is 5.28. The van der Waals surface area contributed by atoms with Gasteiger partial charge in [-0.2, -0.15) is 0 Å². The lowest BCUT2D eigenvalue weighted by Crippen LogP contribution is -2.34. The number of nitrogens with one attached hydrogen (secondary N) is 1. The highest BCUT2D eigenvalue weighted by Crippen LogP contribution is 2.27. The number of carbonyl (C=O) groups is 1. The smallest absolute Gasteiger partial charge is 0.271 e. The minimum absolute atomic E-state index is 0.0157. The molecule has 1 aromatic heterocycles. The summed E-state index contributed by atoms with van der Waals surface area (Å²) in [7, 11) is 0. The third kappa shape index (κ3) is 2.54. The first-order valence-electron chi connectivity index (χ1n) is 6.12. The minimum Gasteiger partial charge on any atom is -0.488 e. The molecule has 1 aliphatic heterocycles. The average molecular weight is 255 g/mol. The molecule has 0 spiro atoms. The maximum atomic E-state index is 11.8. The Morgan fingerprint density at radius 2 is 2.26 bits per heavy atom. The number of para-hydroxylation sites is 1. The van der Waals surface area contributed by atoms with Crippen molar-refractivity contribution in [2.45, 2.75) is 12.5 Å². The van der Waals surface area contributed by atoms with Crippen molar-refractivity contribution in [2.75, 3.05) is 6.54 Å². The van der Waals surface area contributed by atoms with Gasteiger partial charge < -0.3 is 10.1 Å². The number of carbonyl (C=O) groups excluding carboxylic acids is 1. The number of amides is 1. The van der Waals surface area contributed by atoms with Gasteiger partial charge in [-0.3, -0.25) is 9.78 Å². The minimum atomic E-state index is -0.229. The van der Waals surface area contributed by atoms with Crippen molar-refractivity contribution in [3.63, 3.8) is 0 Å². The Hall–Kier alpha value is -2.43. The van der Waals surface area contributed by atoms with Gasteiger partial charge in [-0.25, -0.2) is 4.98 Å². The third-order valence-corrected chi connectivity index (χ3v) is 3.00. The number of rotatable bonds is 3. The average Bonchev–Trinajstić information content (AvgIpc) is 2.88. The molecule has 1 atom stereocenters. The molecular weight excluding hydrogens is 242 g/mol. The monoisotopic (exact) mass is 255 g/mol. The van der Waals surface area contributed by atoms with Crippen LogP contribution >= 0.6 is 0 Å². The van der Waals surface area contributed by atoms with Crippen LogP contribution in [0.1, 0.15) is 16.1 Å². The summed E-state index contributed by atoms with van der Waals surface area (Å²) in [5.41, 5.74) is 1.50. The molecule has 0 radical (unpaired) electrons. The van der Waals surface area contributed by atoms with E-state index >= 15 is 0 Å². The second kappa shape index (κ2) is 5.06. The van der Waals surface area contributed by atoms with E-state index in [1.165, 1.54) is 24.2 Å². The lowest BCUT2D eigenvalue weighted by molar-refractivity contribution is 0.0928. The van der Waals surface area contributed by atoms with E-state index < -0.39 is 0 Å². The van der Waals surface area contributed by atoms with Gasteiger partial charge >= 0.3 is 0 Å². The quantitative estimate of drug-likeness (QED) is 0.895. The van der Waals surface area contributed by atoms with Gasteiger partial charge in [0.05, 0.1) is 12.7 Å². The lowest BCUT2D eigenvalue weighted by atomic mass is 10.1. The maximum absolute atomic E-state index is 11.8. The van der Waals surface area contributed by atoms with Crippen LogP contribution in [0.3, 0.4) is 0 Å². The van der Waals surface area contributed by atoms with E-state index in [2.05, 4.69) is 15.3 Å². The van der Waals surface area contributed by atoms with E-state index in [0.717, 1.165) is 12.2 Å². The van der Waals surface area contributed by atoms with E-state index in [0.29, 0.717) is 12.2 Å². The van der Waals surface area contributed by atoms with Crippen LogP contribution < -0.4 is 10.1 Å². The molecule has 96 valence electrons. The molecule has 0 bridgehead atoms. The fourth-order valence-electron chi connectivity index (χ4n) is 2.08. The summed E-state index contributed by atoms with van der Waals surface area (Å²) >= 11 is 0. The van der Waals surface area contributed by atoms with Crippen molar-refractivity contribution in [3.05, 3.63) is 54.1 Å². The van der Waals surface area contributed by atoms with Crippen molar-refractivity contribution >= 4 is 5.91 Å².